The minimum atomic E-state index is -0.530. The zero-order valence-electron chi connectivity index (χ0n) is 17.0. The Morgan fingerprint density at radius 1 is 1.06 bits per heavy atom. The van der Waals surface area contributed by atoms with Crippen molar-refractivity contribution < 1.29 is 4.39 Å². The topological polar surface area (TPSA) is 32.3 Å². The van der Waals surface area contributed by atoms with Crippen molar-refractivity contribution in [3.8, 4) is 0 Å². The van der Waals surface area contributed by atoms with Gasteiger partial charge in [-0.1, -0.05) is 54.1 Å². The van der Waals surface area contributed by atoms with Crippen molar-refractivity contribution in [2.24, 2.45) is 0 Å². The van der Waals surface area contributed by atoms with E-state index in [9.17, 15) is 4.39 Å². The highest BCUT2D eigenvalue weighted by Gasteiger charge is 2.45. The highest BCUT2D eigenvalue weighted by atomic mass is 79.9. The van der Waals surface area contributed by atoms with Gasteiger partial charge >= 0.3 is 0 Å². The summed E-state index contributed by atoms with van der Waals surface area (Å²) in [6, 6.07) is 12.6. The maximum absolute atomic E-state index is 14.8. The lowest BCUT2D eigenvalue weighted by Crippen LogP contribution is -2.60. The summed E-state index contributed by atoms with van der Waals surface area (Å²) < 4.78 is 15.0. The zero-order valence-corrected chi connectivity index (χ0v) is 20.1. The van der Waals surface area contributed by atoms with Gasteiger partial charge in [0, 0.05) is 36.1 Å². The van der Waals surface area contributed by atoms with E-state index in [1.165, 1.54) is 5.56 Å². The van der Waals surface area contributed by atoms with E-state index in [-0.39, 0.29) is 37.9 Å². The number of anilines is 1. The molecule has 2 unspecified atom stereocenters. The number of fused-ring (bicyclic) bond motifs is 3. The lowest BCUT2D eigenvalue weighted by Gasteiger charge is -2.50. The minimum absolute atomic E-state index is 0.0166. The zero-order chi connectivity index (χ0) is 21.9. The Balaban J connectivity index is 1.53. The SMILES string of the molecule is CC(C)(c1ccccc1)N1C2C=CC1CN(c1nc(Cl)nc3c(F)c(Br)c(Cl)cc13)C2. The normalized spacial score (nSPS) is 21.3. The third kappa shape index (κ3) is 3.44. The monoisotopic (exact) mass is 520 g/mol. The van der Waals surface area contributed by atoms with Gasteiger partial charge in [0.2, 0.25) is 5.28 Å². The van der Waals surface area contributed by atoms with E-state index >= 15 is 0 Å². The van der Waals surface area contributed by atoms with Crippen LogP contribution in [0.2, 0.25) is 10.3 Å². The Hall–Kier alpha value is -1.73. The number of aromatic nitrogens is 2. The van der Waals surface area contributed by atoms with E-state index in [0.717, 1.165) is 0 Å². The fraction of sp³-hybridized carbons (Fsp3) is 0.304. The van der Waals surface area contributed by atoms with Gasteiger partial charge in [-0.3, -0.25) is 4.90 Å². The van der Waals surface area contributed by atoms with Gasteiger partial charge in [0.1, 0.15) is 11.3 Å². The number of hydrogen-bond acceptors (Lipinski definition) is 4. The molecule has 2 atom stereocenters. The van der Waals surface area contributed by atoms with E-state index in [1.54, 1.807) is 6.07 Å². The van der Waals surface area contributed by atoms with Crippen molar-refractivity contribution in [2.75, 3.05) is 18.0 Å². The molecule has 160 valence electrons. The van der Waals surface area contributed by atoms with Gasteiger partial charge in [-0.05, 0) is 53.0 Å². The lowest BCUT2D eigenvalue weighted by atomic mass is 9.89. The van der Waals surface area contributed by atoms with Crippen molar-refractivity contribution in [1.82, 2.24) is 14.9 Å². The predicted octanol–water partition coefficient (Wildman–Crippen LogP) is 6.20. The molecule has 0 saturated carbocycles. The molecule has 2 aliphatic rings. The van der Waals surface area contributed by atoms with Crippen LogP contribution in [0.1, 0.15) is 19.4 Å². The first-order valence-corrected chi connectivity index (χ1v) is 11.6. The molecule has 31 heavy (non-hydrogen) atoms. The van der Waals surface area contributed by atoms with Crippen LogP contribution in [-0.2, 0) is 5.54 Å². The molecular formula is C23H20BrCl2FN4. The average molecular weight is 522 g/mol. The van der Waals surface area contributed by atoms with Crippen LogP contribution < -0.4 is 4.90 Å². The fourth-order valence-corrected chi connectivity index (χ4v) is 5.54. The Bertz CT molecular complexity index is 1190. The van der Waals surface area contributed by atoms with Gasteiger partial charge in [0.05, 0.1) is 9.50 Å². The maximum Gasteiger partial charge on any atom is 0.225 e. The van der Waals surface area contributed by atoms with E-state index < -0.39 is 5.82 Å². The second-order valence-electron chi connectivity index (χ2n) is 8.46. The molecule has 1 aromatic heterocycles. The minimum Gasteiger partial charge on any atom is -0.352 e. The summed E-state index contributed by atoms with van der Waals surface area (Å²) in [4.78, 5) is 13.3. The van der Waals surface area contributed by atoms with Gasteiger partial charge in [-0.2, -0.15) is 4.98 Å². The van der Waals surface area contributed by atoms with Crippen LogP contribution in [0.15, 0.2) is 53.0 Å². The Morgan fingerprint density at radius 2 is 1.71 bits per heavy atom. The summed E-state index contributed by atoms with van der Waals surface area (Å²) >= 11 is 15.6. The molecule has 2 bridgehead atoms. The molecule has 0 spiro atoms. The smallest absolute Gasteiger partial charge is 0.225 e. The molecule has 4 nitrogen and oxygen atoms in total. The summed E-state index contributed by atoms with van der Waals surface area (Å²) in [5.41, 5.74) is 1.30. The van der Waals surface area contributed by atoms with Gasteiger partial charge in [-0.15, -0.1) is 0 Å². The van der Waals surface area contributed by atoms with E-state index in [2.05, 4.69) is 86.0 Å². The van der Waals surface area contributed by atoms with E-state index in [1.807, 2.05) is 6.07 Å². The molecule has 0 radical (unpaired) electrons. The molecule has 2 aliphatic heterocycles. The lowest BCUT2D eigenvalue weighted by molar-refractivity contribution is 0.0591. The second-order valence-corrected chi connectivity index (χ2v) is 9.99. The Labute approximate surface area is 198 Å². The van der Waals surface area contributed by atoms with Gasteiger partial charge in [-0.25, -0.2) is 9.37 Å². The molecule has 1 fully saturated rings. The van der Waals surface area contributed by atoms with Crippen molar-refractivity contribution in [3.63, 3.8) is 0 Å². The fourth-order valence-electron chi connectivity index (χ4n) is 4.88. The van der Waals surface area contributed by atoms with Crippen LogP contribution >= 0.6 is 39.1 Å². The summed E-state index contributed by atoms with van der Waals surface area (Å²) in [5, 5.41) is 0.857. The third-order valence-electron chi connectivity index (χ3n) is 6.29. The molecule has 0 aliphatic carbocycles. The van der Waals surface area contributed by atoms with Gasteiger partial charge < -0.3 is 4.90 Å². The maximum atomic E-state index is 14.8. The summed E-state index contributed by atoms with van der Waals surface area (Å²) in [7, 11) is 0. The number of nitrogens with zero attached hydrogens (tertiary/aromatic N) is 4. The number of piperazine rings is 1. The number of halogens is 4. The summed E-state index contributed by atoms with van der Waals surface area (Å²) in [6.07, 6.45) is 4.51. The highest BCUT2D eigenvalue weighted by Crippen LogP contribution is 2.41. The van der Waals surface area contributed by atoms with Gasteiger partial charge in [0.15, 0.2) is 5.82 Å². The predicted molar refractivity (Wildman–Crippen MR) is 127 cm³/mol. The Morgan fingerprint density at radius 3 is 2.35 bits per heavy atom. The number of hydrogen-bond donors (Lipinski definition) is 0. The largest absolute Gasteiger partial charge is 0.352 e. The van der Waals surface area contributed by atoms with Crippen molar-refractivity contribution in [1.29, 1.82) is 0 Å². The molecule has 0 amide bonds. The van der Waals surface area contributed by atoms with Crippen molar-refractivity contribution in [2.45, 2.75) is 31.5 Å². The first-order valence-electron chi connectivity index (χ1n) is 10.1. The molecular weight excluding hydrogens is 502 g/mol. The van der Waals surface area contributed by atoms with Gasteiger partial charge in [0.25, 0.3) is 0 Å². The second kappa shape index (κ2) is 7.69. The average Bonchev–Trinajstić information content (AvgIpc) is 3.04. The van der Waals surface area contributed by atoms with Crippen LogP contribution in [0.5, 0.6) is 0 Å². The number of benzene rings is 2. The van der Waals surface area contributed by atoms with Crippen LogP contribution in [0.4, 0.5) is 10.2 Å². The van der Waals surface area contributed by atoms with Crippen LogP contribution in [-0.4, -0.2) is 40.0 Å². The van der Waals surface area contributed by atoms with Crippen LogP contribution in [0.3, 0.4) is 0 Å². The molecule has 0 N–H and O–H groups in total. The molecule has 8 heteroatoms. The number of rotatable bonds is 3. The molecule has 1 saturated heterocycles. The third-order valence-corrected chi connectivity index (χ3v) is 7.76. The van der Waals surface area contributed by atoms with E-state index in [4.69, 9.17) is 23.2 Å². The van der Waals surface area contributed by atoms with Crippen LogP contribution in [0, 0.1) is 5.82 Å². The first-order chi connectivity index (χ1) is 14.8. The molecule has 5 rings (SSSR count). The van der Waals surface area contributed by atoms with E-state index in [0.29, 0.717) is 24.3 Å². The van der Waals surface area contributed by atoms with Crippen molar-refractivity contribution in [3.05, 3.63) is 74.7 Å². The summed E-state index contributed by atoms with van der Waals surface area (Å²) in [6.45, 7) is 5.94. The molecule has 3 heterocycles. The Kier molecular flexibility index (Phi) is 5.25. The molecule has 3 aromatic rings. The van der Waals surface area contributed by atoms with Crippen molar-refractivity contribution >= 4 is 55.9 Å². The quantitative estimate of drug-likeness (QED) is 0.233. The molecule has 2 aromatic carbocycles. The highest BCUT2D eigenvalue weighted by molar-refractivity contribution is 9.10. The summed E-state index contributed by atoms with van der Waals surface area (Å²) in [5.74, 6) is 0.0807. The first kappa shape index (κ1) is 21.1. The standard InChI is InChI=1S/C23H20BrCl2FN4/c1-23(2,13-6-4-3-5-7-13)31-14-8-9-15(31)12-30(11-14)21-16-10-17(25)18(24)19(27)20(16)28-22(26)29-21/h3-10,14-15H,11-12H2,1-2H3. The van der Waals surface area contributed by atoms with Crippen LogP contribution in [0.25, 0.3) is 10.9 Å².